The fraction of sp³-hybridized carbons (Fsp3) is 0.0265. The van der Waals surface area contributed by atoms with Crippen LogP contribution in [0.4, 0.5) is 0 Å². The summed E-state index contributed by atoms with van der Waals surface area (Å²) in [5.41, 5.74) is 31.6. The molecule has 0 saturated heterocycles. The summed E-state index contributed by atoms with van der Waals surface area (Å²) in [7, 11) is 0. The zero-order valence-electron chi connectivity index (χ0n) is 65.6. The van der Waals surface area contributed by atoms with Crippen LogP contribution in [0.15, 0.2) is 425 Å². The molecule has 3 aromatic heterocycles. The third kappa shape index (κ3) is 13.1. The molecule has 6 nitrogen and oxygen atoms in total. The van der Waals surface area contributed by atoms with Gasteiger partial charge in [-0.05, 0) is 146 Å². The summed E-state index contributed by atoms with van der Waals surface area (Å²) in [5, 5.41) is 12.6. The first-order valence-corrected chi connectivity index (χ1v) is 40.6. The number of benzene rings is 19. The number of fused-ring (bicyclic) bond motifs is 14. The Kier molecular flexibility index (Phi) is 18.2. The molecule has 19 aromatic carbocycles. The maximum atomic E-state index is 5.34. The Balaban J connectivity index is 0.000000111. The van der Waals surface area contributed by atoms with E-state index in [4.69, 9.17) is 29.9 Å². The third-order valence-electron chi connectivity index (χ3n) is 23.6. The first-order valence-electron chi connectivity index (χ1n) is 40.6. The smallest absolute Gasteiger partial charge is 0.0973 e. The summed E-state index contributed by atoms with van der Waals surface area (Å²) in [6.07, 6.45) is 0. The van der Waals surface area contributed by atoms with Crippen molar-refractivity contribution >= 4 is 87.0 Å². The van der Waals surface area contributed by atoms with Gasteiger partial charge in [-0.3, -0.25) is 0 Å². The summed E-state index contributed by atoms with van der Waals surface area (Å²) in [6, 6.07) is 149. The molecule has 1 aliphatic rings. The fourth-order valence-corrected chi connectivity index (χ4v) is 17.8. The Morgan fingerprint density at radius 2 is 0.454 bits per heavy atom. The molecule has 558 valence electrons. The van der Waals surface area contributed by atoms with Crippen molar-refractivity contribution in [3.8, 4) is 123 Å². The molecule has 22 aromatic rings. The Hall–Kier alpha value is -15.5. The second-order valence-electron chi connectivity index (χ2n) is 31.0. The Bertz CT molecular complexity index is 7620. The van der Waals surface area contributed by atoms with Crippen molar-refractivity contribution in [2.75, 3.05) is 0 Å². The normalized spacial score (nSPS) is 12.0. The molecular formula is C113H76N6. The van der Waals surface area contributed by atoms with Crippen LogP contribution in [0.25, 0.3) is 210 Å². The van der Waals surface area contributed by atoms with Gasteiger partial charge in [0.25, 0.3) is 0 Å². The highest BCUT2D eigenvalue weighted by molar-refractivity contribution is 6.26. The number of para-hydroxylation sites is 3. The molecule has 6 heteroatoms. The first kappa shape index (κ1) is 71.3. The van der Waals surface area contributed by atoms with Gasteiger partial charge in [0.15, 0.2) is 0 Å². The van der Waals surface area contributed by atoms with Crippen molar-refractivity contribution in [3.05, 3.63) is 436 Å². The molecule has 0 aliphatic heterocycles. The number of rotatable bonds is 10. The molecule has 0 amide bonds. The Morgan fingerprint density at radius 1 is 0.160 bits per heavy atom. The van der Waals surface area contributed by atoms with Crippen molar-refractivity contribution in [3.63, 3.8) is 0 Å². The molecule has 0 radical (unpaired) electrons. The monoisotopic (exact) mass is 1520 g/mol. The van der Waals surface area contributed by atoms with Crippen LogP contribution in [-0.2, 0) is 5.41 Å². The predicted octanol–water partition coefficient (Wildman–Crippen LogP) is 29.6. The van der Waals surface area contributed by atoms with Crippen LogP contribution < -0.4 is 0 Å². The molecule has 0 spiro atoms. The van der Waals surface area contributed by atoms with Gasteiger partial charge in [0.05, 0.1) is 67.3 Å². The average molecular weight is 1520 g/mol. The van der Waals surface area contributed by atoms with E-state index in [0.717, 1.165) is 128 Å². The minimum Gasteiger partial charge on any atom is -0.244 e. The summed E-state index contributed by atoms with van der Waals surface area (Å²) >= 11 is 0. The SMILES string of the molecule is CC1(C)c2cc(-c3cccc4nc(-c5ccccc5)c(-c5ccccc5)nc34)ccc2-c2cc3ccccc3cc21.c1ccc(-c2nc3cccc(-c4ccc(-c5ccccc5)c5ccccc45)c3nc2-c2ccccc2)cc1.c1ccc(-c2nc3cccc(-c4ccc5c6ccccc6c6ccccc6c5c4)c3nc2-c2ccccc2)cc1. The molecular weight excluding hydrogens is 1440 g/mol. The largest absolute Gasteiger partial charge is 0.244 e. The quantitative estimate of drug-likeness (QED) is 0.127. The van der Waals surface area contributed by atoms with E-state index in [1.165, 1.54) is 92.8 Å². The molecule has 0 unspecified atom stereocenters. The van der Waals surface area contributed by atoms with Crippen LogP contribution >= 0.6 is 0 Å². The van der Waals surface area contributed by atoms with E-state index < -0.39 is 0 Å². The van der Waals surface area contributed by atoms with Gasteiger partial charge in [0, 0.05) is 55.5 Å². The Morgan fingerprint density at radius 3 is 0.882 bits per heavy atom. The van der Waals surface area contributed by atoms with Gasteiger partial charge in [-0.2, -0.15) is 0 Å². The molecule has 0 atom stereocenters. The summed E-state index contributed by atoms with van der Waals surface area (Å²) in [6.45, 7) is 4.69. The van der Waals surface area contributed by atoms with Crippen molar-refractivity contribution in [1.82, 2.24) is 29.9 Å². The van der Waals surface area contributed by atoms with Gasteiger partial charge >= 0.3 is 0 Å². The van der Waals surface area contributed by atoms with E-state index in [1.54, 1.807) is 0 Å². The topological polar surface area (TPSA) is 77.3 Å². The maximum absolute atomic E-state index is 5.34. The minimum absolute atomic E-state index is 0.101. The summed E-state index contributed by atoms with van der Waals surface area (Å²) < 4.78 is 0. The van der Waals surface area contributed by atoms with Gasteiger partial charge < -0.3 is 0 Å². The van der Waals surface area contributed by atoms with Crippen molar-refractivity contribution in [2.45, 2.75) is 19.3 Å². The molecule has 0 bridgehead atoms. The van der Waals surface area contributed by atoms with E-state index >= 15 is 0 Å². The van der Waals surface area contributed by atoms with Gasteiger partial charge in [-0.1, -0.05) is 396 Å². The molecule has 0 fully saturated rings. The average Bonchev–Trinajstić information content (AvgIpc) is 1.65. The molecule has 23 rings (SSSR count). The van der Waals surface area contributed by atoms with E-state index in [2.05, 4.69) is 390 Å². The maximum Gasteiger partial charge on any atom is 0.0973 e. The fourth-order valence-electron chi connectivity index (χ4n) is 17.8. The summed E-state index contributed by atoms with van der Waals surface area (Å²) in [4.78, 5) is 31.6. The lowest BCUT2D eigenvalue weighted by atomic mass is 9.81. The van der Waals surface area contributed by atoms with Gasteiger partial charge in [-0.25, -0.2) is 29.9 Å². The molecule has 1 aliphatic carbocycles. The van der Waals surface area contributed by atoms with Crippen molar-refractivity contribution < 1.29 is 0 Å². The standard InChI is InChI=1S/C39H28N2.C38H24N2.C36H24N2/c1-39(2)33-24-29(20-21-31(33)32-22-27-16-9-10-17-28(27)23-34(32)39)30-18-11-19-35-38(30)41-37(26-14-7-4-8-15-26)36(40-35)25-12-5-3-6-13-25;1-3-12-25(13-4-1)36-37(26-14-5-2-6-15-26)40-38-28(20-11-21-35(38)39-36)27-22-23-33-31-18-8-7-16-29(31)30-17-9-10-19-32(30)34(33)24-27;1-4-13-25(14-5-1)28-23-24-31(30-20-11-10-19-29(28)30)32-21-12-22-33-36(32)38-35(27-17-8-3-9-18-27)34(37-33)26-15-6-2-7-16-26/h3-24H,1-2H3;1-24H;1-24H. The predicted molar refractivity (Wildman–Crippen MR) is 498 cm³/mol. The van der Waals surface area contributed by atoms with Crippen LogP contribution in [-0.4, -0.2) is 29.9 Å². The molecule has 3 heterocycles. The summed E-state index contributed by atoms with van der Waals surface area (Å²) in [5.74, 6) is 0. The highest BCUT2D eigenvalue weighted by Gasteiger charge is 2.36. The third-order valence-corrected chi connectivity index (χ3v) is 23.6. The van der Waals surface area contributed by atoms with E-state index in [9.17, 15) is 0 Å². The van der Waals surface area contributed by atoms with E-state index in [1.807, 2.05) is 48.5 Å². The number of nitrogens with zero attached hydrogens (tertiary/aromatic N) is 6. The second kappa shape index (κ2) is 30.4. The van der Waals surface area contributed by atoms with Gasteiger partial charge in [0.1, 0.15) is 0 Å². The Labute approximate surface area is 690 Å². The lowest BCUT2D eigenvalue weighted by molar-refractivity contribution is 0.661. The van der Waals surface area contributed by atoms with Gasteiger partial charge in [0.2, 0.25) is 0 Å². The highest BCUT2D eigenvalue weighted by atomic mass is 14.9. The van der Waals surface area contributed by atoms with Gasteiger partial charge in [-0.15, -0.1) is 0 Å². The van der Waals surface area contributed by atoms with Crippen molar-refractivity contribution in [1.29, 1.82) is 0 Å². The number of aromatic nitrogens is 6. The lowest BCUT2D eigenvalue weighted by Gasteiger charge is -2.22. The minimum atomic E-state index is -0.101. The van der Waals surface area contributed by atoms with Crippen molar-refractivity contribution in [2.24, 2.45) is 0 Å². The van der Waals surface area contributed by atoms with E-state index in [-0.39, 0.29) is 5.41 Å². The molecule has 0 N–H and O–H groups in total. The van der Waals surface area contributed by atoms with Crippen LogP contribution in [0.1, 0.15) is 25.0 Å². The zero-order valence-corrected chi connectivity index (χ0v) is 65.6. The highest BCUT2D eigenvalue weighted by Crippen LogP contribution is 2.52. The van der Waals surface area contributed by atoms with Crippen LogP contribution in [0.3, 0.4) is 0 Å². The molecule has 119 heavy (non-hydrogen) atoms. The van der Waals surface area contributed by atoms with Crippen LogP contribution in [0.2, 0.25) is 0 Å². The van der Waals surface area contributed by atoms with E-state index in [0.29, 0.717) is 0 Å². The van der Waals surface area contributed by atoms with Crippen LogP contribution in [0.5, 0.6) is 0 Å². The van der Waals surface area contributed by atoms with Crippen LogP contribution in [0, 0.1) is 0 Å². The second-order valence-corrected chi connectivity index (χ2v) is 31.0. The molecule has 0 saturated carbocycles. The number of hydrogen-bond acceptors (Lipinski definition) is 6. The first-order chi connectivity index (χ1) is 58.8. The lowest BCUT2D eigenvalue weighted by Crippen LogP contribution is -2.15. The number of hydrogen-bond donors (Lipinski definition) is 0. The zero-order chi connectivity index (χ0) is 79.3.